The molecule has 2 aliphatic heterocycles. The zero-order valence-electron chi connectivity index (χ0n) is 16.0. The highest BCUT2D eigenvalue weighted by atomic mass is 79.9. The van der Waals surface area contributed by atoms with Crippen LogP contribution in [-0.2, 0) is 13.1 Å². The van der Waals surface area contributed by atoms with Crippen LogP contribution in [0.1, 0.15) is 12.8 Å². The molecular formula is C19H22BrFN4O4. The zero-order valence-corrected chi connectivity index (χ0v) is 17.6. The van der Waals surface area contributed by atoms with Crippen LogP contribution in [-0.4, -0.2) is 62.9 Å². The average Bonchev–Trinajstić information content (AvgIpc) is 3.03. The Kier molecular flexibility index (Phi) is 5.24. The SMILES string of the molecule is CN1CCC[C@H]1Cn1c(=O)c(=O)n(CC2CN(C(=O)O)C2)c2cc(F)c(Br)cc21. The first kappa shape index (κ1) is 20.1. The van der Waals surface area contributed by atoms with Crippen LogP contribution in [0.25, 0.3) is 11.0 Å². The lowest BCUT2D eigenvalue weighted by atomic mass is 10.0. The summed E-state index contributed by atoms with van der Waals surface area (Å²) in [6.07, 6.45) is 0.957. The van der Waals surface area contributed by atoms with Crippen molar-refractivity contribution in [2.75, 3.05) is 26.7 Å². The number of benzene rings is 1. The molecule has 0 radical (unpaired) electrons. The molecule has 10 heteroatoms. The van der Waals surface area contributed by atoms with Crippen LogP contribution >= 0.6 is 15.9 Å². The van der Waals surface area contributed by atoms with Gasteiger partial charge in [0.2, 0.25) is 0 Å². The van der Waals surface area contributed by atoms with E-state index in [9.17, 15) is 18.8 Å². The summed E-state index contributed by atoms with van der Waals surface area (Å²) in [7, 11) is 1.99. The molecule has 0 saturated carbocycles. The number of aromatic nitrogens is 2. The zero-order chi connectivity index (χ0) is 20.9. The predicted octanol–water partition coefficient (Wildman–Crippen LogP) is 1.77. The first-order valence-electron chi connectivity index (χ1n) is 9.56. The maximum atomic E-state index is 14.3. The largest absolute Gasteiger partial charge is 0.465 e. The second-order valence-electron chi connectivity index (χ2n) is 7.92. The van der Waals surface area contributed by atoms with Gasteiger partial charge in [-0.25, -0.2) is 9.18 Å². The van der Waals surface area contributed by atoms with E-state index in [1.165, 1.54) is 20.1 Å². The van der Waals surface area contributed by atoms with E-state index < -0.39 is 23.0 Å². The molecular weight excluding hydrogens is 447 g/mol. The second kappa shape index (κ2) is 7.56. The summed E-state index contributed by atoms with van der Waals surface area (Å²) in [5, 5.41) is 8.99. The average molecular weight is 469 g/mol. The third-order valence-electron chi connectivity index (χ3n) is 6.01. The van der Waals surface area contributed by atoms with Gasteiger partial charge in [-0.1, -0.05) is 0 Å². The molecule has 4 rings (SSSR count). The van der Waals surface area contributed by atoms with Crippen LogP contribution in [0.5, 0.6) is 0 Å². The summed E-state index contributed by atoms with van der Waals surface area (Å²) >= 11 is 3.18. The van der Waals surface area contributed by atoms with Crippen molar-refractivity contribution in [3.05, 3.63) is 43.1 Å². The lowest BCUT2D eigenvalue weighted by Crippen LogP contribution is -2.53. The van der Waals surface area contributed by atoms with E-state index in [1.54, 1.807) is 6.07 Å². The van der Waals surface area contributed by atoms with Gasteiger partial charge in [0.15, 0.2) is 0 Å². The van der Waals surface area contributed by atoms with Gasteiger partial charge in [0.1, 0.15) is 5.82 Å². The van der Waals surface area contributed by atoms with Crippen molar-refractivity contribution in [1.29, 1.82) is 0 Å². The fourth-order valence-corrected chi connectivity index (χ4v) is 4.62. The highest BCUT2D eigenvalue weighted by molar-refractivity contribution is 9.10. The Labute approximate surface area is 174 Å². The number of nitrogens with zero attached hydrogens (tertiary/aromatic N) is 4. The van der Waals surface area contributed by atoms with Crippen molar-refractivity contribution in [2.45, 2.75) is 32.0 Å². The minimum Gasteiger partial charge on any atom is -0.465 e. The number of hydrogen-bond acceptors (Lipinski definition) is 4. The maximum absolute atomic E-state index is 14.3. The molecule has 0 unspecified atom stereocenters. The Hall–Kier alpha value is -2.20. The fraction of sp³-hybridized carbons (Fsp3) is 0.526. The lowest BCUT2D eigenvalue weighted by Gasteiger charge is -2.37. The molecule has 1 amide bonds. The van der Waals surface area contributed by atoms with Crippen molar-refractivity contribution in [1.82, 2.24) is 18.9 Å². The highest BCUT2D eigenvalue weighted by Crippen LogP contribution is 2.25. The topological polar surface area (TPSA) is 87.8 Å². The fourth-order valence-electron chi connectivity index (χ4n) is 4.29. The first-order valence-corrected chi connectivity index (χ1v) is 10.4. The van der Waals surface area contributed by atoms with Gasteiger partial charge in [-0.15, -0.1) is 0 Å². The highest BCUT2D eigenvalue weighted by Gasteiger charge is 2.32. The van der Waals surface area contributed by atoms with E-state index in [2.05, 4.69) is 20.8 Å². The van der Waals surface area contributed by atoms with Crippen LogP contribution in [0, 0.1) is 11.7 Å². The summed E-state index contributed by atoms with van der Waals surface area (Å²) in [5.41, 5.74) is -0.485. The van der Waals surface area contributed by atoms with Crippen LogP contribution in [0.4, 0.5) is 9.18 Å². The molecule has 1 aromatic heterocycles. The number of amides is 1. The lowest BCUT2D eigenvalue weighted by molar-refractivity contribution is 0.0748. The van der Waals surface area contributed by atoms with Gasteiger partial charge in [-0.05, 0) is 48.4 Å². The molecule has 1 aromatic carbocycles. The van der Waals surface area contributed by atoms with E-state index in [0.29, 0.717) is 17.6 Å². The number of carboxylic acid groups (broad SMARTS) is 1. The molecule has 2 saturated heterocycles. The molecule has 0 aliphatic carbocycles. The number of fused-ring (bicyclic) bond motifs is 1. The molecule has 29 heavy (non-hydrogen) atoms. The number of carbonyl (C=O) groups is 1. The maximum Gasteiger partial charge on any atom is 0.407 e. The Morgan fingerprint density at radius 1 is 1.17 bits per heavy atom. The van der Waals surface area contributed by atoms with E-state index >= 15 is 0 Å². The van der Waals surface area contributed by atoms with Crippen molar-refractivity contribution < 1.29 is 14.3 Å². The summed E-state index contributed by atoms with van der Waals surface area (Å²) < 4.78 is 17.3. The monoisotopic (exact) mass is 468 g/mol. The standard InChI is InChI=1S/C19H22BrFN4O4/c1-22-4-2-3-12(22)10-25-15-5-13(20)14(21)6-16(15)24(17(26)18(25)27)9-11-7-23(8-11)19(28)29/h5-6,11-12H,2-4,7-10H2,1H3,(H,28,29)/t12-/m0/s1. The molecule has 0 spiro atoms. The molecule has 8 nitrogen and oxygen atoms in total. The van der Waals surface area contributed by atoms with E-state index in [-0.39, 0.29) is 36.1 Å². The smallest absolute Gasteiger partial charge is 0.407 e. The molecule has 1 atom stereocenters. The number of halogens is 2. The van der Waals surface area contributed by atoms with E-state index in [4.69, 9.17) is 5.11 Å². The minimum atomic E-state index is -1.01. The number of hydrogen-bond donors (Lipinski definition) is 1. The predicted molar refractivity (Wildman–Crippen MR) is 109 cm³/mol. The normalized spacial score (nSPS) is 20.4. The molecule has 2 aliphatic rings. The van der Waals surface area contributed by atoms with E-state index in [0.717, 1.165) is 19.4 Å². The van der Waals surface area contributed by atoms with Crippen LogP contribution in [0.15, 0.2) is 26.2 Å². The Morgan fingerprint density at radius 3 is 2.38 bits per heavy atom. The van der Waals surface area contributed by atoms with Crippen LogP contribution in [0.3, 0.4) is 0 Å². The Bertz CT molecular complexity index is 1090. The van der Waals surface area contributed by atoms with E-state index in [1.807, 2.05) is 7.05 Å². The Balaban J connectivity index is 1.78. The first-order chi connectivity index (χ1) is 13.8. The van der Waals surface area contributed by atoms with Crippen molar-refractivity contribution in [3.8, 4) is 0 Å². The van der Waals surface area contributed by atoms with Gasteiger partial charge < -0.3 is 24.0 Å². The third kappa shape index (κ3) is 3.59. The minimum absolute atomic E-state index is 0.0880. The molecule has 3 heterocycles. The third-order valence-corrected chi connectivity index (χ3v) is 6.61. The molecule has 2 fully saturated rings. The van der Waals surface area contributed by atoms with Gasteiger partial charge >= 0.3 is 17.2 Å². The quantitative estimate of drug-likeness (QED) is 0.690. The van der Waals surface area contributed by atoms with Crippen molar-refractivity contribution in [2.24, 2.45) is 5.92 Å². The van der Waals surface area contributed by atoms with Gasteiger partial charge in [-0.2, -0.15) is 0 Å². The summed E-state index contributed by atoms with van der Waals surface area (Å²) in [4.78, 5) is 40.2. The number of likely N-dealkylation sites (tertiary alicyclic amines) is 2. The second-order valence-corrected chi connectivity index (χ2v) is 8.77. The summed E-state index contributed by atoms with van der Waals surface area (Å²) in [5.74, 6) is -0.607. The van der Waals surface area contributed by atoms with Gasteiger partial charge in [-0.3, -0.25) is 9.59 Å². The van der Waals surface area contributed by atoms with Gasteiger partial charge in [0.05, 0.1) is 15.5 Å². The van der Waals surface area contributed by atoms with Crippen molar-refractivity contribution in [3.63, 3.8) is 0 Å². The van der Waals surface area contributed by atoms with Gasteiger partial charge in [0.25, 0.3) is 0 Å². The Morgan fingerprint density at radius 2 is 1.79 bits per heavy atom. The van der Waals surface area contributed by atoms with Gasteiger partial charge in [0, 0.05) is 44.2 Å². The van der Waals surface area contributed by atoms with Crippen LogP contribution in [0.2, 0.25) is 0 Å². The number of likely N-dealkylation sites (N-methyl/N-ethyl adjacent to an activating group) is 1. The van der Waals surface area contributed by atoms with Crippen LogP contribution < -0.4 is 11.1 Å². The molecule has 0 bridgehead atoms. The number of rotatable bonds is 4. The molecule has 2 aromatic rings. The summed E-state index contributed by atoms with van der Waals surface area (Å²) in [6, 6.07) is 2.95. The summed E-state index contributed by atoms with van der Waals surface area (Å²) in [6.45, 7) is 2.07. The van der Waals surface area contributed by atoms with Crippen molar-refractivity contribution >= 4 is 33.1 Å². The molecule has 156 valence electrons. The molecule has 1 N–H and O–H groups in total.